The van der Waals surface area contributed by atoms with Crippen LogP contribution in [0.4, 0.5) is 0 Å². The van der Waals surface area contributed by atoms with E-state index < -0.39 is 0 Å². The Morgan fingerprint density at radius 3 is 1.94 bits per heavy atom. The molecule has 0 bridgehead atoms. The van der Waals surface area contributed by atoms with Gasteiger partial charge in [0.05, 0.1) is 11.1 Å². The predicted octanol–water partition coefficient (Wildman–Crippen LogP) is 2.68. The van der Waals surface area contributed by atoms with Crippen LogP contribution in [0.5, 0.6) is 0 Å². The Labute approximate surface area is 181 Å². The first kappa shape index (κ1) is 20.8. The summed E-state index contributed by atoms with van der Waals surface area (Å²) in [4.78, 5) is 55.7. The van der Waals surface area contributed by atoms with Gasteiger partial charge in [0.1, 0.15) is 0 Å². The molecule has 4 amide bonds. The summed E-state index contributed by atoms with van der Waals surface area (Å²) in [7, 11) is 0. The number of amides is 4. The molecule has 2 heterocycles. The van der Waals surface area contributed by atoms with Gasteiger partial charge in [-0.1, -0.05) is 18.2 Å². The number of hydrogen-bond acceptors (Lipinski definition) is 4. The second-order valence-electron chi connectivity index (χ2n) is 8.14. The van der Waals surface area contributed by atoms with E-state index in [4.69, 9.17) is 0 Å². The van der Waals surface area contributed by atoms with Gasteiger partial charge in [-0.3, -0.25) is 24.1 Å². The van der Waals surface area contributed by atoms with Crippen LogP contribution in [0.15, 0.2) is 48.5 Å². The molecule has 7 nitrogen and oxygen atoms in total. The largest absolute Gasteiger partial charge is 0.337 e. The number of benzene rings is 2. The molecule has 2 aliphatic heterocycles. The van der Waals surface area contributed by atoms with Crippen LogP contribution in [0.25, 0.3) is 0 Å². The maximum atomic E-state index is 13.1. The van der Waals surface area contributed by atoms with Crippen molar-refractivity contribution in [3.63, 3.8) is 0 Å². The molecule has 160 valence electrons. The van der Waals surface area contributed by atoms with Gasteiger partial charge in [-0.15, -0.1) is 0 Å². The van der Waals surface area contributed by atoms with E-state index in [1.54, 1.807) is 47.9 Å². The summed E-state index contributed by atoms with van der Waals surface area (Å²) in [6, 6.07) is 13.6. The Kier molecular flexibility index (Phi) is 5.59. The van der Waals surface area contributed by atoms with E-state index in [9.17, 15) is 19.2 Å². The molecular formula is C24H25N3O4. The van der Waals surface area contributed by atoms with Crippen LogP contribution in [0, 0.1) is 0 Å². The number of carbonyl (C=O) groups excluding carboxylic acids is 4. The van der Waals surface area contributed by atoms with Crippen LogP contribution in [0.2, 0.25) is 0 Å². The third-order valence-electron chi connectivity index (χ3n) is 5.77. The summed E-state index contributed by atoms with van der Waals surface area (Å²) in [5, 5.41) is 0. The second kappa shape index (κ2) is 8.34. The third kappa shape index (κ3) is 3.83. The van der Waals surface area contributed by atoms with Gasteiger partial charge in [-0.05, 0) is 50.6 Å². The minimum Gasteiger partial charge on any atom is -0.337 e. The minimum atomic E-state index is -0.361. The van der Waals surface area contributed by atoms with Crippen molar-refractivity contribution in [1.29, 1.82) is 0 Å². The lowest BCUT2D eigenvalue weighted by Crippen LogP contribution is -2.37. The van der Waals surface area contributed by atoms with Crippen LogP contribution >= 0.6 is 0 Å². The standard InChI is InChI=1S/C24H25N3O4/c1-16(2)27-23(30)19-10-9-18(15-20(19)24(27)31)22(29)26-12-6-11-25(13-14-26)21(28)17-7-4-3-5-8-17/h3-5,7-10,15-16H,6,11-14H2,1-2H3. The highest BCUT2D eigenvalue weighted by Crippen LogP contribution is 2.26. The molecule has 0 N–H and O–H groups in total. The molecule has 0 unspecified atom stereocenters. The third-order valence-corrected chi connectivity index (χ3v) is 5.77. The van der Waals surface area contributed by atoms with Gasteiger partial charge in [0.25, 0.3) is 23.6 Å². The van der Waals surface area contributed by atoms with Crippen molar-refractivity contribution in [2.45, 2.75) is 26.3 Å². The lowest BCUT2D eigenvalue weighted by atomic mass is 10.0. The molecule has 1 fully saturated rings. The molecule has 1 saturated heterocycles. The molecule has 2 aromatic carbocycles. The zero-order chi connectivity index (χ0) is 22.1. The smallest absolute Gasteiger partial charge is 0.261 e. The highest BCUT2D eigenvalue weighted by atomic mass is 16.2. The number of carbonyl (C=O) groups is 4. The molecule has 31 heavy (non-hydrogen) atoms. The monoisotopic (exact) mass is 419 g/mol. The van der Waals surface area contributed by atoms with Crippen molar-refractivity contribution >= 4 is 23.6 Å². The minimum absolute atomic E-state index is 0.0367. The van der Waals surface area contributed by atoms with Crippen molar-refractivity contribution in [1.82, 2.24) is 14.7 Å². The van der Waals surface area contributed by atoms with E-state index in [0.29, 0.717) is 49.3 Å². The first-order valence-electron chi connectivity index (χ1n) is 10.5. The predicted molar refractivity (Wildman–Crippen MR) is 115 cm³/mol. The molecular weight excluding hydrogens is 394 g/mol. The van der Waals surface area contributed by atoms with E-state index in [0.717, 1.165) is 0 Å². The molecule has 0 aliphatic carbocycles. The number of hydrogen-bond donors (Lipinski definition) is 0. The summed E-state index contributed by atoms with van der Waals surface area (Å²) in [5.41, 5.74) is 1.64. The molecule has 0 aromatic heterocycles. The Hall–Kier alpha value is -3.48. The van der Waals surface area contributed by atoms with Crippen LogP contribution in [0.1, 0.15) is 61.7 Å². The number of imide groups is 1. The first-order chi connectivity index (χ1) is 14.9. The fourth-order valence-corrected chi connectivity index (χ4v) is 4.13. The fourth-order valence-electron chi connectivity index (χ4n) is 4.13. The van der Waals surface area contributed by atoms with Crippen LogP contribution in [0.3, 0.4) is 0 Å². The van der Waals surface area contributed by atoms with Gasteiger partial charge < -0.3 is 9.80 Å². The lowest BCUT2D eigenvalue weighted by molar-refractivity contribution is 0.0608. The van der Waals surface area contributed by atoms with Gasteiger partial charge in [-0.2, -0.15) is 0 Å². The molecule has 4 rings (SSSR count). The average molecular weight is 419 g/mol. The Bertz CT molecular complexity index is 1050. The Morgan fingerprint density at radius 1 is 0.742 bits per heavy atom. The zero-order valence-corrected chi connectivity index (χ0v) is 17.7. The molecule has 0 atom stereocenters. The van der Waals surface area contributed by atoms with E-state index in [1.165, 1.54) is 11.0 Å². The molecule has 0 saturated carbocycles. The van der Waals surface area contributed by atoms with Crippen molar-refractivity contribution in [3.8, 4) is 0 Å². The molecule has 2 aliphatic rings. The lowest BCUT2D eigenvalue weighted by Gasteiger charge is -2.22. The van der Waals surface area contributed by atoms with Gasteiger partial charge in [0.15, 0.2) is 0 Å². The van der Waals surface area contributed by atoms with Gasteiger partial charge in [0, 0.05) is 43.3 Å². The summed E-state index contributed by atoms with van der Waals surface area (Å²) in [5.74, 6) is -0.913. The topological polar surface area (TPSA) is 78.0 Å². The van der Waals surface area contributed by atoms with Crippen LogP contribution in [-0.2, 0) is 0 Å². The number of rotatable bonds is 3. The van der Waals surface area contributed by atoms with E-state index in [1.807, 2.05) is 18.2 Å². The summed E-state index contributed by atoms with van der Waals surface area (Å²) < 4.78 is 0. The maximum Gasteiger partial charge on any atom is 0.261 e. The summed E-state index contributed by atoms with van der Waals surface area (Å²) in [6.07, 6.45) is 0.674. The van der Waals surface area contributed by atoms with Crippen LogP contribution < -0.4 is 0 Å². The summed E-state index contributed by atoms with van der Waals surface area (Å²) >= 11 is 0. The van der Waals surface area contributed by atoms with Crippen molar-refractivity contribution in [2.75, 3.05) is 26.2 Å². The van der Waals surface area contributed by atoms with Crippen molar-refractivity contribution in [2.24, 2.45) is 0 Å². The highest BCUT2D eigenvalue weighted by Gasteiger charge is 2.37. The highest BCUT2D eigenvalue weighted by molar-refractivity contribution is 6.22. The zero-order valence-electron chi connectivity index (χ0n) is 17.7. The first-order valence-corrected chi connectivity index (χ1v) is 10.5. The average Bonchev–Trinajstić information content (AvgIpc) is 2.93. The Balaban J connectivity index is 1.48. The van der Waals surface area contributed by atoms with Gasteiger partial charge >= 0.3 is 0 Å². The number of fused-ring (bicyclic) bond motifs is 1. The van der Waals surface area contributed by atoms with Gasteiger partial charge in [-0.25, -0.2) is 0 Å². The maximum absolute atomic E-state index is 13.1. The van der Waals surface area contributed by atoms with E-state index in [-0.39, 0.29) is 35.2 Å². The second-order valence-corrected chi connectivity index (χ2v) is 8.14. The number of nitrogens with zero attached hydrogens (tertiary/aromatic N) is 3. The molecule has 2 aromatic rings. The van der Waals surface area contributed by atoms with E-state index >= 15 is 0 Å². The fraction of sp³-hybridized carbons (Fsp3) is 0.333. The van der Waals surface area contributed by atoms with Crippen LogP contribution in [-0.4, -0.2) is 70.5 Å². The Morgan fingerprint density at radius 2 is 1.32 bits per heavy atom. The summed E-state index contributed by atoms with van der Waals surface area (Å²) in [6.45, 7) is 5.54. The van der Waals surface area contributed by atoms with Crippen molar-refractivity contribution in [3.05, 3.63) is 70.8 Å². The molecule has 7 heteroatoms. The SMILES string of the molecule is CC(C)N1C(=O)c2ccc(C(=O)N3CCCN(C(=O)c4ccccc4)CC3)cc2C1=O. The molecule has 0 radical (unpaired) electrons. The van der Waals surface area contributed by atoms with E-state index in [2.05, 4.69) is 0 Å². The molecule has 0 spiro atoms. The normalized spacial score (nSPS) is 16.5. The van der Waals surface area contributed by atoms with Gasteiger partial charge in [0.2, 0.25) is 0 Å². The van der Waals surface area contributed by atoms with Crippen molar-refractivity contribution < 1.29 is 19.2 Å². The quantitative estimate of drug-likeness (QED) is 0.717.